The minimum atomic E-state index is -4.53. The van der Waals surface area contributed by atoms with E-state index >= 15 is 0 Å². The van der Waals surface area contributed by atoms with Crippen LogP contribution in [0.4, 0.5) is 18.9 Å². The number of halogens is 4. The fourth-order valence-electron chi connectivity index (χ4n) is 2.44. The van der Waals surface area contributed by atoms with E-state index in [4.69, 9.17) is 5.73 Å². The van der Waals surface area contributed by atoms with Crippen molar-refractivity contribution in [2.24, 2.45) is 0 Å². The smallest absolute Gasteiger partial charge is 0.398 e. The number of hydrogen-bond donors (Lipinski definition) is 1. The number of fused-ring (bicyclic) bond motifs is 3. The highest BCUT2D eigenvalue weighted by Gasteiger charge is 2.36. The van der Waals surface area contributed by atoms with Crippen LogP contribution < -0.4 is 5.73 Å². The highest BCUT2D eigenvalue weighted by atomic mass is 79.9. The molecule has 3 rings (SSSR count). The van der Waals surface area contributed by atoms with Gasteiger partial charge in [-0.1, -0.05) is 40.2 Å². The van der Waals surface area contributed by atoms with E-state index in [2.05, 4.69) is 20.9 Å². The molecule has 21 heavy (non-hydrogen) atoms. The Balaban J connectivity index is 2.56. The number of aromatic nitrogens is 1. The van der Waals surface area contributed by atoms with Crippen molar-refractivity contribution in [2.45, 2.75) is 13.1 Å². The summed E-state index contributed by atoms with van der Waals surface area (Å²) in [6, 6.07) is 8.86. The van der Waals surface area contributed by atoms with Gasteiger partial charge in [0.2, 0.25) is 0 Å². The summed E-state index contributed by atoms with van der Waals surface area (Å²) in [7, 11) is 0. The molecule has 2 N–H and O–H groups in total. The van der Waals surface area contributed by atoms with E-state index in [-0.39, 0.29) is 16.8 Å². The Morgan fingerprint density at radius 1 is 1.10 bits per heavy atom. The Morgan fingerprint density at radius 3 is 2.33 bits per heavy atom. The first-order valence-corrected chi connectivity index (χ1v) is 6.94. The lowest BCUT2D eigenvalue weighted by Gasteiger charge is -2.15. The molecule has 2 aromatic carbocycles. The largest absolute Gasteiger partial charge is 0.433 e. The summed E-state index contributed by atoms with van der Waals surface area (Å²) in [5.74, 6) is 0. The van der Waals surface area contributed by atoms with E-state index in [0.717, 1.165) is 9.86 Å². The van der Waals surface area contributed by atoms with Crippen LogP contribution in [-0.4, -0.2) is 4.98 Å². The van der Waals surface area contributed by atoms with Crippen molar-refractivity contribution < 1.29 is 13.2 Å². The standard InChI is InChI=1S/C15H10BrF3N2/c1-7-12(20)10-6-11(16)8-4-2-3-5-9(8)13(10)21-14(7)15(17,18)19/h2-6H,1H3,(H2,20,21). The molecule has 0 atom stereocenters. The van der Waals surface area contributed by atoms with E-state index in [9.17, 15) is 13.2 Å². The first-order chi connectivity index (χ1) is 9.80. The zero-order chi connectivity index (χ0) is 15.4. The summed E-state index contributed by atoms with van der Waals surface area (Å²) in [6.07, 6.45) is -4.53. The number of benzene rings is 2. The highest BCUT2D eigenvalue weighted by Crippen LogP contribution is 2.39. The maximum Gasteiger partial charge on any atom is 0.433 e. The van der Waals surface area contributed by atoms with Crippen LogP contribution in [0.3, 0.4) is 0 Å². The van der Waals surface area contributed by atoms with Crippen LogP contribution >= 0.6 is 15.9 Å². The quantitative estimate of drug-likeness (QED) is 0.573. The summed E-state index contributed by atoms with van der Waals surface area (Å²) in [6.45, 7) is 1.34. The van der Waals surface area contributed by atoms with Gasteiger partial charge in [0, 0.05) is 26.5 Å². The molecule has 0 aliphatic heterocycles. The second-order valence-corrected chi connectivity index (χ2v) is 5.65. The number of alkyl halides is 3. The van der Waals surface area contributed by atoms with Gasteiger partial charge >= 0.3 is 6.18 Å². The van der Waals surface area contributed by atoms with E-state index < -0.39 is 11.9 Å². The van der Waals surface area contributed by atoms with E-state index in [1.165, 1.54) is 6.92 Å². The van der Waals surface area contributed by atoms with Gasteiger partial charge in [-0.15, -0.1) is 0 Å². The zero-order valence-electron chi connectivity index (χ0n) is 10.9. The fourth-order valence-corrected chi connectivity index (χ4v) is 3.02. The molecule has 0 saturated heterocycles. The molecule has 2 nitrogen and oxygen atoms in total. The number of hydrogen-bond acceptors (Lipinski definition) is 2. The Hall–Kier alpha value is -1.82. The first-order valence-electron chi connectivity index (χ1n) is 6.15. The van der Waals surface area contributed by atoms with E-state index in [1.54, 1.807) is 18.2 Å². The number of nitrogens with two attached hydrogens (primary N) is 1. The normalized spacial score (nSPS) is 12.2. The molecule has 0 radical (unpaired) electrons. The number of nitrogen functional groups attached to an aromatic ring is 1. The average molecular weight is 355 g/mol. The van der Waals surface area contributed by atoms with Crippen LogP contribution in [-0.2, 0) is 6.18 Å². The molecule has 1 heterocycles. The van der Waals surface area contributed by atoms with Gasteiger partial charge in [0.1, 0.15) is 5.69 Å². The van der Waals surface area contributed by atoms with Crippen LogP contribution in [0, 0.1) is 6.92 Å². The van der Waals surface area contributed by atoms with Gasteiger partial charge in [-0.2, -0.15) is 13.2 Å². The molecule has 3 aromatic rings. The molecule has 1 aromatic heterocycles. The topological polar surface area (TPSA) is 38.9 Å². The highest BCUT2D eigenvalue weighted by molar-refractivity contribution is 9.10. The molecule has 108 valence electrons. The summed E-state index contributed by atoms with van der Waals surface area (Å²) >= 11 is 3.43. The van der Waals surface area contributed by atoms with E-state index in [1.807, 2.05) is 12.1 Å². The third-order valence-electron chi connectivity index (χ3n) is 3.51. The van der Waals surface area contributed by atoms with Crippen molar-refractivity contribution in [2.75, 3.05) is 5.73 Å². The second-order valence-electron chi connectivity index (χ2n) is 4.80. The SMILES string of the molecule is Cc1c(C(F)(F)F)nc2c(cc(Br)c3ccccc32)c1N. The molecule has 0 aliphatic carbocycles. The van der Waals surface area contributed by atoms with Gasteiger partial charge in [-0.05, 0) is 18.4 Å². The van der Waals surface area contributed by atoms with Crippen molar-refractivity contribution in [1.82, 2.24) is 4.98 Å². The maximum absolute atomic E-state index is 13.1. The van der Waals surface area contributed by atoms with Crippen LogP contribution in [0.1, 0.15) is 11.3 Å². The van der Waals surface area contributed by atoms with Crippen LogP contribution in [0.5, 0.6) is 0 Å². The Labute approximate surface area is 126 Å². The molecule has 6 heteroatoms. The Morgan fingerprint density at radius 2 is 1.71 bits per heavy atom. The summed E-state index contributed by atoms with van der Waals surface area (Å²) < 4.78 is 40.1. The molecule has 0 aliphatic rings. The first kappa shape index (κ1) is 14.1. The molecule has 0 bridgehead atoms. The lowest BCUT2D eigenvalue weighted by molar-refractivity contribution is -0.141. The van der Waals surface area contributed by atoms with Gasteiger partial charge in [0.15, 0.2) is 0 Å². The van der Waals surface area contributed by atoms with Gasteiger partial charge < -0.3 is 5.73 Å². The lowest BCUT2D eigenvalue weighted by atomic mass is 10.0. The van der Waals surface area contributed by atoms with Crippen molar-refractivity contribution in [3.63, 3.8) is 0 Å². The Bertz CT molecular complexity index is 872. The molecule has 0 saturated carbocycles. The van der Waals surface area contributed by atoms with Crippen LogP contribution in [0.25, 0.3) is 21.7 Å². The number of nitrogens with zero attached hydrogens (tertiary/aromatic N) is 1. The van der Waals surface area contributed by atoms with Crippen molar-refractivity contribution >= 4 is 43.3 Å². The molecule has 0 unspecified atom stereocenters. The van der Waals surface area contributed by atoms with Crippen molar-refractivity contribution in [1.29, 1.82) is 0 Å². The van der Waals surface area contributed by atoms with Crippen LogP contribution in [0.15, 0.2) is 34.8 Å². The maximum atomic E-state index is 13.1. The van der Waals surface area contributed by atoms with Gasteiger partial charge in [0.25, 0.3) is 0 Å². The summed E-state index contributed by atoms with van der Waals surface area (Å²) in [5, 5.41) is 1.96. The summed E-state index contributed by atoms with van der Waals surface area (Å²) in [5.41, 5.74) is 5.32. The lowest BCUT2D eigenvalue weighted by Crippen LogP contribution is -2.12. The summed E-state index contributed by atoms with van der Waals surface area (Å²) in [4.78, 5) is 3.85. The predicted octanol–water partition coefficient (Wildman–Crippen LogP) is 5.06. The van der Waals surface area contributed by atoms with Gasteiger partial charge in [-0.3, -0.25) is 0 Å². The zero-order valence-corrected chi connectivity index (χ0v) is 12.5. The molecule has 0 amide bonds. The third kappa shape index (κ3) is 2.14. The number of pyridine rings is 1. The minimum Gasteiger partial charge on any atom is -0.398 e. The van der Waals surface area contributed by atoms with Gasteiger partial charge in [-0.25, -0.2) is 4.98 Å². The molecular weight excluding hydrogens is 345 g/mol. The number of anilines is 1. The third-order valence-corrected chi connectivity index (χ3v) is 4.16. The van der Waals surface area contributed by atoms with Crippen molar-refractivity contribution in [3.05, 3.63) is 46.1 Å². The van der Waals surface area contributed by atoms with Crippen molar-refractivity contribution in [3.8, 4) is 0 Å². The molecule has 0 fully saturated rings. The average Bonchev–Trinajstić information content (AvgIpc) is 2.42. The van der Waals surface area contributed by atoms with E-state index in [0.29, 0.717) is 10.8 Å². The Kier molecular flexibility index (Phi) is 3.09. The predicted molar refractivity (Wildman–Crippen MR) is 81.1 cm³/mol. The number of rotatable bonds is 0. The fraction of sp³-hybridized carbons (Fsp3) is 0.133. The monoisotopic (exact) mass is 354 g/mol. The second kappa shape index (κ2) is 4.59. The van der Waals surface area contributed by atoms with Gasteiger partial charge in [0.05, 0.1) is 5.52 Å². The minimum absolute atomic E-state index is 0.0443. The molecule has 0 spiro atoms. The molecular formula is C15H10BrF3N2. The van der Waals surface area contributed by atoms with Crippen LogP contribution in [0.2, 0.25) is 0 Å².